The van der Waals surface area contributed by atoms with Gasteiger partial charge in [-0.2, -0.15) is 0 Å². The molecule has 1 aromatic heterocycles. The highest BCUT2D eigenvalue weighted by molar-refractivity contribution is 6.34. The topological polar surface area (TPSA) is 126 Å². The van der Waals surface area contributed by atoms with E-state index in [9.17, 15) is 14.4 Å². The predicted molar refractivity (Wildman–Crippen MR) is 177 cm³/mol. The van der Waals surface area contributed by atoms with Gasteiger partial charge in [-0.1, -0.05) is 30.3 Å². The van der Waals surface area contributed by atoms with E-state index in [1.54, 1.807) is 80.9 Å². The number of carbonyl (C=O) groups excluding carboxylic acids is 3. The number of hydrogen-bond acceptors (Lipinski definition) is 10. The van der Waals surface area contributed by atoms with E-state index in [0.29, 0.717) is 75.3 Å². The number of aromatic nitrogens is 2. The maximum Gasteiger partial charge on any atom is 0.193 e. The van der Waals surface area contributed by atoms with Gasteiger partial charge in [0.25, 0.3) is 0 Å². The van der Waals surface area contributed by atoms with E-state index in [-0.39, 0.29) is 22.9 Å². The van der Waals surface area contributed by atoms with Crippen LogP contribution in [0.5, 0.6) is 23.0 Å². The van der Waals surface area contributed by atoms with E-state index in [1.807, 2.05) is 18.2 Å². The summed E-state index contributed by atoms with van der Waals surface area (Å²) >= 11 is 0. The minimum atomic E-state index is -0.339. The smallest absolute Gasteiger partial charge is 0.193 e. The third-order valence-corrected chi connectivity index (χ3v) is 7.33. The third kappa shape index (κ3) is 6.92. The molecule has 1 aliphatic carbocycles. The van der Waals surface area contributed by atoms with E-state index < -0.39 is 0 Å². The van der Waals surface area contributed by atoms with Gasteiger partial charge in [-0.3, -0.25) is 14.4 Å². The normalized spacial score (nSPS) is 12.5. The highest BCUT2D eigenvalue weighted by Crippen LogP contribution is 2.38. The Morgan fingerprint density at radius 1 is 0.787 bits per heavy atom. The van der Waals surface area contributed by atoms with Gasteiger partial charge < -0.3 is 24.3 Å². The molecule has 4 aromatic carbocycles. The molecule has 0 aliphatic heterocycles. The second-order valence-corrected chi connectivity index (χ2v) is 10.4. The second kappa shape index (κ2) is 13.9. The summed E-state index contributed by atoms with van der Waals surface area (Å²) in [5, 5.41) is 3.97. The molecule has 0 saturated carbocycles. The number of carbonyl (C=O) groups is 3. The summed E-state index contributed by atoms with van der Waals surface area (Å²) in [4.78, 5) is 47.0. The first kappa shape index (κ1) is 30.9. The van der Waals surface area contributed by atoms with Crippen molar-refractivity contribution >= 4 is 45.3 Å². The molecule has 1 N–H and O–H groups in total. The van der Waals surface area contributed by atoms with E-state index in [2.05, 4.69) is 15.3 Å². The second-order valence-electron chi connectivity index (χ2n) is 10.4. The molecule has 0 fully saturated rings. The number of ketones is 3. The lowest BCUT2D eigenvalue weighted by molar-refractivity contribution is -0.113. The minimum absolute atomic E-state index is 0.110. The highest BCUT2D eigenvalue weighted by atomic mass is 16.5. The van der Waals surface area contributed by atoms with Gasteiger partial charge in [0.1, 0.15) is 30.3 Å². The van der Waals surface area contributed by atoms with Crippen molar-refractivity contribution < 1.29 is 33.3 Å². The van der Waals surface area contributed by atoms with Crippen LogP contribution in [0.4, 0.5) is 11.5 Å². The Balaban J connectivity index is 1.32. The molecule has 0 unspecified atom stereocenters. The summed E-state index contributed by atoms with van der Waals surface area (Å²) in [6, 6.07) is 24.4. The molecular formula is C37H29N3O7. The zero-order valence-corrected chi connectivity index (χ0v) is 25.6. The van der Waals surface area contributed by atoms with Crippen LogP contribution in [0.15, 0.2) is 109 Å². The number of methoxy groups -OCH3 is 2. The molecule has 6 rings (SSSR count). The van der Waals surface area contributed by atoms with Gasteiger partial charge in [0, 0.05) is 46.5 Å². The van der Waals surface area contributed by atoms with Crippen molar-refractivity contribution in [1.29, 1.82) is 0 Å². The molecule has 1 heterocycles. The number of fused-ring (bicyclic) bond motifs is 1. The lowest BCUT2D eigenvalue weighted by Gasteiger charge is -2.17. The van der Waals surface area contributed by atoms with Crippen molar-refractivity contribution in [2.24, 2.45) is 0 Å². The number of nitrogens with one attached hydrogen (secondary N) is 1. The van der Waals surface area contributed by atoms with Gasteiger partial charge in [0.2, 0.25) is 0 Å². The molecule has 234 valence electrons. The minimum Gasteiger partial charge on any atom is -0.493 e. The maximum absolute atomic E-state index is 13.0. The van der Waals surface area contributed by atoms with Crippen LogP contribution < -0.4 is 19.5 Å². The Kier molecular flexibility index (Phi) is 9.12. The summed E-state index contributed by atoms with van der Waals surface area (Å²) < 4.78 is 22.7. The Morgan fingerprint density at radius 3 is 2.34 bits per heavy atom. The standard InChI is InChI=1S/C37H29N3O7/c1-44-16-17-46-35-21-31-30(20-34(35)45-2)37(39-22-38-31)40-25-10-15-33(29(18-25)28-19-26(41)11-14-32(28)42)47-27-12-8-24(9-13-27)36(43)23-6-4-3-5-7-23/h3-15,18-22H,16-17H2,1-2H3,(H,38,39,40). The van der Waals surface area contributed by atoms with Crippen LogP contribution in [0, 0.1) is 0 Å². The Morgan fingerprint density at radius 2 is 1.57 bits per heavy atom. The van der Waals surface area contributed by atoms with Gasteiger partial charge in [0.15, 0.2) is 28.8 Å². The SMILES string of the molecule is COCCOc1cc2ncnc(Nc3ccc(Oc4ccc(C(=O)c5ccccc5)cc4)c(C4=CC(=O)C=CC4=O)c3)c2cc1OC. The number of hydrogen-bond donors (Lipinski definition) is 1. The molecule has 10 nitrogen and oxygen atoms in total. The largest absolute Gasteiger partial charge is 0.493 e. The summed E-state index contributed by atoms with van der Waals surface area (Å²) in [6.45, 7) is 0.757. The van der Waals surface area contributed by atoms with Crippen molar-refractivity contribution in [1.82, 2.24) is 9.97 Å². The lowest BCUT2D eigenvalue weighted by Crippen LogP contribution is -2.08. The molecule has 10 heteroatoms. The van der Waals surface area contributed by atoms with Crippen molar-refractivity contribution in [3.8, 4) is 23.0 Å². The number of ether oxygens (including phenoxy) is 4. The molecular weight excluding hydrogens is 598 g/mol. The number of allylic oxidation sites excluding steroid dienone is 4. The quantitative estimate of drug-likeness (QED) is 0.0928. The van der Waals surface area contributed by atoms with E-state index in [1.165, 1.54) is 24.6 Å². The molecule has 0 atom stereocenters. The zero-order chi connectivity index (χ0) is 32.8. The van der Waals surface area contributed by atoms with Crippen LogP contribution in [0.3, 0.4) is 0 Å². The number of benzene rings is 4. The van der Waals surface area contributed by atoms with Crippen LogP contribution in [0.1, 0.15) is 21.5 Å². The zero-order valence-electron chi connectivity index (χ0n) is 25.6. The van der Waals surface area contributed by atoms with Gasteiger partial charge in [-0.05, 0) is 66.8 Å². The Hall–Kier alpha value is -6.13. The summed E-state index contributed by atoms with van der Waals surface area (Å²) in [5.41, 5.74) is 2.85. The molecule has 1 aliphatic rings. The Labute approximate surface area is 270 Å². The number of anilines is 2. The van der Waals surface area contributed by atoms with Crippen LogP contribution in [0.2, 0.25) is 0 Å². The van der Waals surface area contributed by atoms with Gasteiger partial charge >= 0.3 is 0 Å². The fourth-order valence-electron chi connectivity index (χ4n) is 4.99. The van der Waals surface area contributed by atoms with Gasteiger partial charge in [-0.15, -0.1) is 0 Å². The summed E-state index contributed by atoms with van der Waals surface area (Å²) in [5.74, 6) is 1.51. The average Bonchev–Trinajstić information content (AvgIpc) is 3.10. The van der Waals surface area contributed by atoms with E-state index in [4.69, 9.17) is 18.9 Å². The molecule has 5 aromatic rings. The first-order chi connectivity index (χ1) is 22.9. The average molecular weight is 628 g/mol. The number of rotatable bonds is 12. The molecule has 47 heavy (non-hydrogen) atoms. The fourth-order valence-corrected chi connectivity index (χ4v) is 4.99. The Bertz CT molecular complexity index is 2040. The van der Waals surface area contributed by atoms with Crippen molar-refractivity contribution in [2.45, 2.75) is 0 Å². The van der Waals surface area contributed by atoms with Crippen LogP contribution in [-0.4, -0.2) is 54.8 Å². The lowest BCUT2D eigenvalue weighted by atomic mass is 9.95. The fraction of sp³-hybridized carbons (Fsp3) is 0.108. The van der Waals surface area contributed by atoms with Crippen LogP contribution >= 0.6 is 0 Å². The maximum atomic E-state index is 13.0. The molecule has 0 spiro atoms. The molecule has 0 radical (unpaired) electrons. The summed E-state index contributed by atoms with van der Waals surface area (Å²) in [6.07, 6.45) is 5.18. The highest BCUT2D eigenvalue weighted by Gasteiger charge is 2.21. The van der Waals surface area contributed by atoms with Crippen LogP contribution in [-0.2, 0) is 14.3 Å². The predicted octanol–water partition coefficient (Wildman–Crippen LogP) is 6.52. The first-order valence-electron chi connectivity index (χ1n) is 14.6. The molecule has 0 amide bonds. The third-order valence-electron chi connectivity index (χ3n) is 7.33. The van der Waals surface area contributed by atoms with Crippen molar-refractivity contribution in [2.75, 3.05) is 32.8 Å². The van der Waals surface area contributed by atoms with Crippen molar-refractivity contribution in [3.63, 3.8) is 0 Å². The van der Waals surface area contributed by atoms with Gasteiger partial charge in [-0.25, -0.2) is 9.97 Å². The summed E-state index contributed by atoms with van der Waals surface area (Å²) in [7, 11) is 3.14. The number of nitrogens with zero attached hydrogens (tertiary/aromatic N) is 2. The first-order valence-corrected chi connectivity index (χ1v) is 14.6. The molecule has 0 saturated heterocycles. The van der Waals surface area contributed by atoms with Crippen LogP contribution in [0.25, 0.3) is 16.5 Å². The van der Waals surface area contributed by atoms with Gasteiger partial charge in [0.05, 0.1) is 19.2 Å². The van der Waals surface area contributed by atoms with Crippen molar-refractivity contribution in [3.05, 3.63) is 126 Å². The van der Waals surface area contributed by atoms with E-state index in [0.717, 1.165) is 0 Å². The van der Waals surface area contributed by atoms with E-state index >= 15 is 0 Å². The molecule has 0 bridgehead atoms. The monoisotopic (exact) mass is 627 g/mol.